The first kappa shape index (κ1) is 15.0. The number of hydrogen-bond donors (Lipinski definition) is 1. The minimum atomic E-state index is -0.693. The van der Waals surface area contributed by atoms with Gasteiger partial charge in [0.05, 0.1) is 5.41 Å². The second-order valence-electron chi connectivity index (χ2n) is 6.25. The highest BCUT2D eigenvalue weighted by molar-refractivity contribution is 5.77. The third kappa shape index (κ3) is 3.40. The van der Waals surface area contributed by atoms with Crippen molar-refractivity contribution in [2.24, 2.45) is 11.3 Å². The van der Waals surface area contributed by atoms with Crippen LogP contribution in [0.25, 0.3) is 0 Å². The Bertz CT molecular complexity index is 440. The van der Waals surface area contributed by atoms with Gasteiger partial charge >= 0.3 is 5.97 Å². The predicted octanol–water partition coefficient (Wildman–Crippen LogP) is 3.31. The Morgan fingerprint density at radius 2 is 1.85 bits per heavy atom. The summed E-state index contributed by atoms with van der Waals surface area (Å²) in [6, 6.07) is 8.05. The number of rotatable bonds is 7. The molecule has 0 amide bonds. The number of carboxylic acid groups (broad SMARTS) is 1. The zero-order chi connectivity index (χ0) is 14.6. The van der Waals surface area contributed by atoms with Crippen molar-refractivity contribution in [3.05, 3.63) is 35.4 Å². The molecule has 0 fully saturated rings. The van der Waals surface area contributed by atoms with Gasteiger partial charge in [0.15, 0.2) is 0 Å². The quantitative estimate of drug-likeness (QED) is 0.777. The van der Waals surface area contributed by atoms with E-state index in [1.54, 1.807) is 0 Å². The highest BCUT2D eigenvalue weighted by Gasteiger charge is 2.43. The topological polar surface area (TPSA) is 46.5 Å². The molecule has 1 N–H and O–H groups in total. The van der Waals surface area contributed by atoms with Crippen molar-refractivity contribution in [3.8, 4) is 0 Å². The number of carbonyl (C=O) groups is 1. The summed E-state index contributed by atoms with van der Waals surface area (Å²) in [5, 5.41) is 9.63. The molecule has 0 radical (unpaired) electrons. The molecular formula is C17H24O3. The lowest BCUT2D eigenvalue weighted by molar-refractivity contribution is -0.149. The summed E-state index contributed by atoms with van der Waals surface area (Å²) in [6.07, 6.45) is 2.88. The molecule has 0 bridgehead atoms. The average Bonchev–Trinajstić information content (AvgIpc) is 2.77. The van der Waals surface area contributed by atoms with Crippen LogP contribution in [0.1, 0.15) is 37.8 Å². The number of carboxylic acids is 1. The summed E-state index contributed by atoms with van der Waals surface area (Å²) in [6.45, 7) is 5.58. The molecule has 0 aliphatic heterocycles. The minimum absolute atomic E-state index is 0.535. The Balaban J connectivity index is 1.91. The number of ether oxygens (including phenoxy) is 1. The maximum Gasteiger partial charge on any atom is 0.310 e. The smallest absolute Gasteiger partial charge is 0.310 e. The Morgan fingerprint density at radius 1 is 1.25 bits per heavy atom. The molecule has 0 saturated carbocycles. The molecule has 1 aliphatic rings. The monoisotopic (exact) mass is 276 g/mol. The van der Waals surface area contributed by atoms with Gasteiger partial charge in [-0.2, -0.15) is 0 Å². The standard InChI is InChI=1S/C17H24O3/c1-13(2)7-9-20-10-8-17(16(18)19)11-14-5-3-4-6-15(14)12-17/h3-6,13H,7-12H2,1-2H3,(H,18,19). The largest absolute Gasteiger partial charge is 0.481 e. The molecule has 3 heteroatoms. The number of fused-ring (bicyclic) bond motifs is 1. The first-order valence-electron chi connectivity index (χ1n) is 7.41. The van der Waals surface area contributed by atoms with Gasteiger partial charge in [0.1, 0.15) is 0 Å². The van der Waals surface area contributed by atoms with Crippen LogP contribution in [-0.2, 0) is 22.4 Å². The van der Waals surface area contributed by atoms with Gasteiger partial charge in [-0.05, 0) is 42.7 Å². The molecule has 1 aromatic carbocycles. The van der Waals surface area contributed by atoms with E-state index < -0.39 is 11.4 Å². The molecular weight excluding hydrogens is 252 g/mol. The molecule has 110 valence electrons. The lowest BCUT2D eigenvalue weighted by atomic mass is 9.82. The van der Waals surface area contributed by atoms with Crippen molar-refractivity contribution in [2.45, 2.75) is 39.5 Å². The van der Waals surface area contributed by atoms with Gasteiger partial charge in [-0.1, -0.05) is 38.1 Å². The van der Waals surface area contributed by atoms with Crippen LogP contribution >= 0.6 is 0 Å². The Kier molecular flexibility index (Phi) is 4.81. The first-order valence-corrected chi connectivity index (χ1v) is 7.41. The molecule has 0 saturated heterocycles. The molecule has 0 atom stereocenters. The summed E-state index contributed by atoms with van der Waals surface area (Å²) in [7, 11) is 0. The zero-order valence-corrected chi connectivity index (χ0v) is 12.4. The summed E-state index contributed by atoms with van der Waals surface area (Å²) in [5.74, 6) is -0.0691. The maximum atomic E-state index is 11.7. The van der Waals surface area contributed by atoms with Crippen LogP contribution in [0.15, 0.2) is 24.3 Å². The van der Waals surface area contributed by atoms with Crippen molar-refractivity contribution < 1.29 is 14.6 Å². The summed E-state index contributed by atoms with van der Waals surface area (Å²) >= 11 is 0. The molecule has 0 unspecified atom stereocenters. The summed E-state index contributed by atoms with van der Waals surface area (Å²) < 4.78 is 5.62. The zero-order valence-electron chi connectivity index (χ0n) is 12.4. The van der Waals surface area contributed by atoms with Crippen molar-refractivity contribution in [3.63, 3.8) is 0 Å². The Labute approximate surface area is 121 Å². The summed E-state index contributed by atoms with van der Waals surface area (Å²) in [5.41, 5.74) is 1.69. The van der Waals surface area contributed by atoms with E-state index >= 15 is 0 Å². The lowest BCUT2D eigenvalue weighted by Crippen LogP contribution is -2.33. The highest BCUT2D eigenvalue weighted by Crippen LogP contribution is 2.40. The van der Waals surface area contributed by atoms with E-state index in [2.05, 4.69) is 13.8 Å². The van der Waals surface area contributed by atoms with Crippen LogP contribution in [0.4, 0.5) is 0 Å². The normalized spacial score (nSPS) is 16.4. The molecule has 20 heavy (non-hydrogen) atoms. The molecule has 3 nitrogen and oxygen atoms in total. The second-order valence-corrected chi connectivity index (χ2v) is 6.25. The van der Waals surface area contributed by atoms with Gasteiger partial charge in [-0.15, -0.1) is 0 Å². The fourth-order valence-electron chi connectivity index (χ4n) is 2.82. The van der Waals surface area contributed by atoms with E-state index in [0.29, 0.717) is 31.8 Å². The maximum absolute atomic E-state index is 11.7. The highest BCUT2D eigenvalue weighted by atomic mass is 16.5. The van der Waals surface area contributed by atoms with E-state index in [1.807, 2.05) is 24.3 Å². The second kappa shape index (κ2) is 6.40. The van der Waals surface area contributed by atoms with Crippen molar-refractivity contribution in [1.29, 1.82) is 0 Å². The predicted molar refractivity (Wildman–Crippen MR) is 78.8 cm³/mol. The molecule has 0 aromatic heterocycles. The van der Waals surface area contributed by atoms with Crippen LogP contribution < -0.4 is 0 Å². The molecule has 0 spiro atoms. The molecule has 0 heterocycles. The van der Waals surface area contributed by atoms with Gasteiger partial charge in [0, 0.05) is 13.2 Å². The minimum Gasteiger partial charge on any atom is -0.481 e. The molecule has 1 aliphatic carbocycles. The van der Waals surface area contributed by atoms with Crippen LogP contribution in [0, 0.1) is 11.3 Å². The third-order valence-electron chi connectivity index (χ3n) is 4.19. The van der Waals surface area contributed by atoms with Crippen molar-refractivity contribution >= 4 is 5.97 Å². The van der Waals surface area contributed by atoms with Crippen LogP contribution in [-0.4, -0.2) is 24.3 Å². The van der Waals surface area contributed by atoms with E-state index in [-0.39, 0.29) is 0 Å². The van der Waals surface area contributed by atoms with Gasteiger partial charge in [0.2, 0.25) is 0 Å². The van der Waals surface area contributed by atoms with E-state index in [1.165, 1.54) is 11.1 Å². The Hall–Kier alpha value is -1.35. The van der Waals surface area contributed by atoms with E-state index in [4.69, 9.17) is 4.74 Å². The van der Waals surface area contributed by atoms with Gasteiger partial charge in [-0.25, -0.2) is 0 Å². The SMILES string of the molecule is CC(C)CCOCCC1(C(=O)O)Cc2ccccc2C1. The van der Waals surface area contributed by atoms with Gasteiger partial charge < -0.3 is 9.84 Å². The number of benzene rings is 1. The van der Waals surface area contributed by atoms with Crippen LogP contribution in [0.3, 0.4) is 0 Å². The van der Waals surface area contributed by atoms with Crippen molar-refractivity contribution in [2.75, 3.05) is 13.2 Å². The number of aliphatic carboxylic acids is 1. The average molecular weight is 276 g/mol. The van der Waals surface area contributed by atoms with E-state index in [9.17, 15) is 9.90 Å². The molecule has 2 rings (SSSR count). The van der Waals surface area contributed by atoms with Gasteiger partial charge in [0.25, 0.3) is 0 Å². The van der Waals surface area contributed by atoms with E-state index in [0.717, 1.165) is 13.0 Å². The summed E-state index contributed by atoms with van der Waals surface area (Å²) in [4.78, 5) is 11.7. The number of hydrogen-bond acceptors (Lipinski definition) is 2. The first-order chi connectivity index (χ1) is 9.53. The van der Waals surface area contributed by atoms with Gasteiger partial charge in [-0.3, -0.25) is 4.79 Å². The lowest BCUT2D eigenvalue weighted by Gasteiger charge is -2.23. The third-order valence-corrected chi connectivity index (χ3v) is 4.19. The van der Waals surface area contributed by atoms with Crippen molar-refractivity contribution in [1.82, 2.24) is 0 Å². The molecule has 1 aromatic rings. The fraction of sp³-hybridized carbons (Fsp3) is 0.588. The van der Waals surface area contributed by atoms with Crippen LogP contribution in [0.2, 0.25) is 0 Å². The van der Waals surface area contributed by atoms with Crippen LogP contribution in [0.5, 0.6) is 0 Å². The Morgan fingerprint density at radius 3 is 2.35 bits per heavy atom. The fourth-order valence-corrected chi connectivity index (χ4v) is 2.82.